The van der Waals surface area contributed by atoms with Crippen LogP contribution in [0.5, 0.6) is 5.75 Å². The first kappa shape index (κ1) is 21.9. The molecule has 0 aliphatic heterocycles. The monoisotopic (exact) mass is 442 g/mol. The summed E-state index contributed by atoms with van der Waals surface area (Å²) < 4.78 is 7.18. The maximum atomic E-state index is 12.2. The molecule has 0 aliphatic rings. The van der Waals surface area contributed by atoms with Crippen molar-refractivity contribution in [3.63, 3.8) is 0 Å². The highest BCUT2D eigenvalue weighted by Crippen LogP contribution is 2.20. The zero-order chi connectivity index (χ0) is 21.3. The van der Waals surface area contributed by atoms with Gasteiger partial charge < -0.3 is 14.6 Å². The predicted octanol–water partition coefficient (Wildman–Crippen LogP) is 4.13. The van der Waals surface area contributed by atoms with Crippen molar-refractivity contribution in [2.45, 2.75) is 24.7 Å². The molecule has 30 heavy (non-hydrogen) atoms. The number of aromatic nitrogens is 3. The molecule has 0 atom stereocenters. The number of amides is 1. The number of nitrogens with zero attached hydrogens (tertiary/aromatic N) is 3. The highest BCUT2D eigenvalue weighted by molar-refractivity contribution is 7.99. The molecule has 8 heteroatoms. The van der Waals surface area contributed by atoms with E-state index in [1.807, 2.05) is 41.0 Å². The van der Waals surface area contributed by atoms with Crippen LogP contribution in [0.15, 0.2) is 66.3 Å². The number of hydrogen-bond donors (Lipinski definition) is 1. The Morgan fingerprint density at radius 3 is 2.53 bits per heavy atom. The number of ether oxygens (including phenoxy) is 1. The van der Waals surface area contributed by atoms with Gasteiger partial charge in [0, 0.05) is 24.5 Å². The van der Waals surface area contributed by atoms with E-state index in [1.54, 1.807) is 25.3 Å². The highest BCUT2D eigenvalue weighted by Gasteiger charge is 2.14. The van der Waals surface area contributed by atoms with Gasteiger partial charge in [-0.05, 0) is 35.4 Å². The van der Waals surface area contributed by atoms with E-state index in [1.165, 1.54) is 11.8 Å². The van der Waals surface area contributed by atoms with E-state index in [2.05, 4.69) is 22.1 Å². The third kappa shape index (κ3) is 6.11. The number of allylic oxidation sites excluding steroid dienone is 1. The lowest BCUT2D eigenvalue weighted by molar-refractivity contribution is -0.118. The number of nitrogens with one attached hydrogen (secondary N) is 1. The maximum Gasteiger partial charge on any atom is 0.230 e. The lowest BCUT2D eigenvalue weighted by atomic mass is 10.1. The van der Waals surface area contributed by atoms with Gasteiger partial charge in [-0.25, -0.2) is 0 Å². The Balaban J connectivity index is 1.58. The van der Waals surface area contributed by atoms with Crippen molar-refractivity contribution in [3.8, 4) is 5.75 Å². The van der Waals surface area contributed by atoms with Crippen molar-refractivity contribution >= 4 is 29.3 Å². The number of benzene rings is 2. The second-order valence-corrected chi connectivity index (χ2v) is 7.89. The summed E-state index contributed by atoms with van der Waals surface area (Å²) in [6.45, 7) is 4.85. The number of halogens is 1. The summed E-state index contributed by atoms with van der Waals surface area (Å²) in [5.74, 6) is 1.82. The van der Waals surface area contributed by atoms with E-state index in [-0.39, 0.29) is 11.7 Å². The van der Waals surface area contributed by atoms with E-state index in [0.717, 1.165) is 22.7 Å². The number of rotatable bonds is 10. The molecule has 3 rings (SSSR count). The number of methoxy groups -OCH3 is 1. The van der Waals surface area contributed by atoms with Gasteiger partial charge in [-0.2, -0.15) is 0 Å². The molecule has 0 saturated heterocycles. The fourth-order valence-electron chi connectivity index (χ4n) is 2.78. The second-order valence-electron chi connectivity index (χ2n) is 6.51. The Morgan fingerprint density at radius 1 is 1.17 bits per heavy atom. The molecule has 1 N–H and O–H groups in total. The fourth-order valence-corrected chi connectivity index (χ4v) is 3.70. The molecule has 0 spiro atoms. The smallest absolute Gasteiger partial charge is 0.230 e. The SMILES string of the molecule is C=CCn1c(Cc2ccc(OC)cc2)nnc1SCC(=O)NCc1ccc(Cl)cc1. The molecule has 0 saturated carbocycles. The Morgan fingerprint density at radius 2 is 1.87 bits per heavy atom. The van der Waals surface area contributed by atoms with Crippen molar-refractivity contribution in [3.05, 3.63) is 83.2 Å². The van der Waals surface area contributed by atoms with Gasteiger partial charge in [0.25, 0.3) is 0 Å². The minimum atomic E-state index is -0.0696. The van der Waals surface area contributed by atoms with Crippen LogP contribution in [0.2, 0.25) is 5.02 Å². The van der Waals surface area contributed by atoms with Crippen LogP contribution in [0, 0.1) is 0 Å². The molecule has 1 heterocycles. The molecule has 0 fully saturated rings. The van der Waals surface area contributed by atoms with Gasteiger partial charge in [0.2, 0.25) is 5.91 Å². The number of thioether (sulfide) groups is 1. The normalized spacial score (nSPS) is 10.6. The Bertz CT molecular complexity index is 987. The molecular formula is C22H23ClN4O2S. The van der Waals surface area contributed by atoms with Crippen molar-refractivity contribution in [1.82, 2.24) is 20.1 Å². The van der Waals surface area contributed by atoms with Crippen LogP contribution >= 0.6 is 23.4 Å². The molecule has 3 aromatic rings. The van der Waals surface area contributed by atoms with Crippen molar-refractivity contribution in [1.29, 1.82) is 0 Å². The molecule has 0 unspecified atom stereocenters. The second kappa shape index (κ2) is 10.8. The number of hydrogen-bond acceptors (Lipinski definition) is 5. The van der Waals surface area contributed by atoms with E-state index >= 15 is 0 Å². The Labute approximate surface area is 185 Å². The van der Waals surface area contributed by atoms with E-state index in [0.29, 0.717) is 29.7 Å². The topological polar surface area (TPSA) is 69.0 Å². The third-order valence-electron chi connectivity index (χ3n) is 4.36. The molecule has 2 aromatic carbocycles. The molecule has 1 aromatic heterocycles. The molecular weight excluding hydrogens is 420 g/mol. The van der Waals surface area contributed by atoms with Crippen LogP contribution in [0.1, 0.15) is 17.0 Å². The summed E-state index contributed by atoms with van der Waals surface area (Å²) in [5.41, 5.74) is 2.10. The largest absolute Gasteiger partial charge is 0.497 e. The average molecular weight is 443 g/mol. The van der Waals surface area contributed by atoms with Crippen LogP contribution in [0.25, 0.3) is 0 Å². The number of carbonyl (C=O) groups is 1. The minimum absolute atomic E-state index is 0.0696. The van der Waals surface area contributed by atoms with Crippen LogP contribution < -0.4 is 10.1 Å². The van der Waals surface area contributed by atoms with Crippen molar-refractivity contribution in [2.75, 3.05) is 12.9 Å². The van der Waals surface area contributed by atoms with E-state index in [4.69, 9.17) is 16.3 Å². The molecule has 6 nitrogen and oxygen atoms in total. The van der Waals surface area contributed by atoms with Gasteiger partial charge in [-0.1, -0.05) is 53.7 Å². The van der Waals surface area contributed by atoms with Gasteiger partial charge >= 0.3 is 0 Å². The van der Waals surface area contributed by atoms with Gasteiger partial charge in [0.1, 0.15) is 11.6 Å². The van der Waals surface area contributed by atoms with Crippen LogP contribution in [-0.2, 0) is 24.3 Å². The first-order chi connectivity index (χ1) is 14.6. The molecule has 0 aliphatic carbocycles. The van der Waals surface area contributed by atoms with Gasteiger partial charge in [0.05, 0.1) is 12.9 Å². The van der Waals surface area contributed by atoms with Crippen LogP contribution in [0.4, 0.5) is 0 Å². The zero-order valence-electron chi connectivity index (χ0n) is 16.7. The summed E-state index contributed by atoms with van der Waals surface area (Å²) in [6, 6.07) is 15.2. The summed E-state index contributed by atoms with van der Waals surface area (Å²) >= 11 is 7.24. The number of carbonyl (C=O) groups excluding carboxylic acids is 1. The quantitative estimate of drug-likeness (QED) is 0.377. The van der Waals surface area contributed by atoms with Gasteiger partial charge in [0.15, 0.2) is 5.16 Å². The average Bonchev–Trinajstić information content (AvgIpc) is 3.14. The summed E-state index contributed by atoms with van der Waals surface area (Å²) in [5, 5.41) is 12.9. The Kier molecular flexibility index (Phi) is 7.93. The summed E-state index contributed by atoms with van der Waals surface area (Å²) in [6.07, 6.45) is 2.43. The lowest BCUT2D eigenvalue weighted by Crippen LogP contribution is -2.24. The maximum absolute atomic E-state index is 12.2. The molecule has 156 valence electrons. The minimum Gasteiger partial charge on any atom is -0.497 e. The third-order valence-corrected chi connectivity index (χ3v) is 5.58. The summed E-state index contributed by atoms with van der Waals surface area (Å²) in [4.78, 5) is 12.2. The van der Waals surface area contributed by atoms with Crippen molar-refractivity contribution < 1.29 is 9.53 Å². The van der Waals surface area contributed by atoms with E-state index < -0.39 is 0 Å². The Hall–Kier alpha value is -2.77. The summed E-state index contributed by atoms with van der Waals surface area (Å²) in [7, 11) is 1.64. The molecule has 0 bridgehead atoms. The van der Waals surface area contributed by atoms with Gasteiger partial charge in [-0.15, -0.1) is 16.8 Å². The van der Waals surface area contributed by atoms with Crippen molar-refractivity contribution in [2.24, 2.45) is 0 Å². The van der Waals surface area contributed by atoms with E-state index in [9.17, 15) is 4.79 Å². The highest BCUT2D eigenvalue weighted by atomic mass is 35.5. The molecule has 1 amide bonds. The zero-order valence-corrected chi connectivity index (χ0v) is 18.2. The van der Waals surface area contributed by atoms with Crippen LogP contribution in [-0.4, -0.2) is 33.5 Å². The van der Waals surface area contributed by atoms with Crippen LogP contribution in [0.3, 0.4) is 0 Å². The lowest BCUT2D eigenvalue weighted by Gasteiger charge is -2.09. The predicted molar refractivity (Wildman–Crippen MR) is 120 cm³/mol. The first-order valence-electron chi connectivity index (χ1n) is 9.39. The molecule has 0 radical (unpaired) electrons. The van der Waals surface area contributed by atoms with Gasteiger partial charge in [-0.3, -0.25) is 4.79 Å². The first-order valence-corrected chi connectivity index (χ1v) is 10.7. The standard InChI is InChI=1S/C22H23ClN4O2S/c1-3-12-27-20(13-16-6-10-19(29-2)11-7-16)25-26-22(27)30-15-21(28)24-14-17-4-8-18(23)9-5-17/h3-11H,1,12-15H2,2H3,(H,24,28). The fraction of sp³-hybridized carbons (Fsp3) is 0.227.